The lowest BCUT2D eigenvalue weighted by atomic mass is 9.96. The Balaban J connectivity index is 2.15. The fraction of sp³-hybridized carbons (Fsp3) is 0.476. The largest absolute Gasteiger partial charge is 0.444 e. The van der Waals surface area contributed by atoms with E-state index in [2.05, 4.69) is 4.98 Å². The summed E-state index contributed by atoms with van der Waals surface area (Å²) in [6.07, 6.45) is -10.4. The van der Waals surface area contributed by atoms with Gasteiger partial charge < -0.3 is 4.74 Å². The van der Waals surface area contributed by atoms with Crippen LogP contribution in [-0.2, 0) is 17.1 Å². The number of benzene rings is 1. The third-order valence-corrected chi connectivity index (χ3v) is 4.88. The Hall–Kier alpha value is -2.85. The molecule has 1 fully saturated rings. The molecule has 2 heterocycles. The molecule has 0 N–H and O–H groups in total. The van der Waals surface area contributed by atoms with Crippen molar-refractivity contribution in [3.8, 4) is 0 Å². The predicted molar refractivity (Wildman–Crippen MR) is 102 cm³/mol. The molecule has 0 saturated carbocycles. The number of hydrogen-bond acceptors (Lipinski definition) is 4. The average Bonchev–Trinajstić information content (AvgIpc) is 3.13. The molecule has 32 heavy (non-hydrogen) atoms. The summed E-state index contributed by atoms with van der Waals surface area (Å²) in [6, 6.07) is 1.99. The van der Waals surface area contributed by atoms with Crippen molar-refractivity contribution in [3.63, 3.8) is 0 Å². The number of carbonyl (C=O) groups is 2. The number of alkyl halides is 6. The zero-order valence-corrected chi connectivity index (χ0v) is 17.4. The van der Waals surface area contributed by atoms with Gasteiger partial charge in [-0.25, -0.2) is 9.78 Å². The lowest BCUT2D eigenvalue weighted by Gasteiger charge is -2.28. The Morgan fingerprint density at radius 2 is 1.72 bits per heavy atom. The zero-order chi connectivity index (χ0) is 24.1. The predicted octanol–water partition coefficient (Wildman–Crippen LogP) is 5.85. The smallest absolute Gasteiger partial charge is 0.433 e. The third kappa shape index (κ3) is 4.81. The van der Waals surface area contributed by atoms with E-state index in [-0.39, 0.29) is 18.4 Å². The van der Waals surface area contributed by atoms with E-state index < -0.39 is 58.2 Å². The van der Waals surface area contributed by atoms with E-state index >= 15 is 0 Å². The molecule has 2 aromatic rings. The van der Waals surface area contributed by atoms with Gasteiger partial charge in [-0.3, -0.25) is 9.69 Å². The van der Waals surface area contributed by atoms with Crippen LogP contribution in [0.5, 0.6) is 0 Å². The summed E-state index contributed by atoms with van der Waals surface area (Å²) < 4.78 is 85.8. The highest BCUT2D eigenvalue weighted by Gasteiger charge is 2.41. The number of ketones is 1. The van der Waals surface area contributed by atoms with Crippen LogP contribution in [0.4, 0.5) is 31.1 Å². The number of likely N-dealkylation sites (tertiary alicyclic amines) is 1. The van der Waals surface area contributed by atoms with E-state index in [4.69, 9.17) is 4.74 Å². The fourth-order valence-corrected chi connectivity index (χ4v) is 3.58. The lowest BCUT2D eigenvalue weighted by molar-refractivity contribution is -0.142. The van der Waals surface area contributed by atoms with E-state index in [1.807, 2.05) is 0 Å². The molecule has 3 rings (SSSR count). The maximum Gasteiger partial charge on any atom is 0.433 e. The molecule has 11 heteroatoms. The topological polar surface area (TPSA) is 59.5 Å². The molecule has 174 valence electrons. The molecule has 1 atom stereocenters. The number of hydrogen-bond donors (Lipinski definition) is 0. The van der Waals surface area contributed by atoms with Crippen molar-refractivity contribution in [2.75, 3.05) is 6.54 Å². The van der Waals surface area contributed by atoms with Gasteiger partial charge in [0.2, 0.25) is 0 Å². The Kier molecular flexibility index (Phi) is 5.90. The van der Waals surface area contributed by atoms with Crippen LogP contribution in [0.3, 0.4) is 0 Å². The minimum atomic E-state index is -5.08. The van der Waals surface area contributed by atoms with Gasteiger partial charge in [0.05, 0.1) is 17.1 Å². The lowest BCUT2D eigenvalue weighted by Crippen LogP contribution is -2.43. The number of aromatic nitrogens is 1. The number of carbonyl (C=O) groups excluding carboxylic acids is 2. The Morgan fingerprint density at radius 3 is 2.28 bits per heavy atom. The first-order valence-corrected chi connectivity index (χ1v) is 9.71. The van der Waals surface area contributed by atoms with Crippen LogP contribution in [-0.4, -0.2) is 39.9 Å². The van der Waals surface area contributed by atoms with Crippen LogP contribution in [0, 0.1) is 0 Å². The second-order valence-electron chi connectivity index (χ2n) is 8.45. The molecule has 1 saturated heterocycles. The number of ether oxygens (including phenoxy) is 1. The molecule has 0 unspecified atom stereocenters. The van der Waals surface area contributed by atoms with Crippen LogP contribution in [0.15, 0.2) is 24.3 Å². The summed E-state index contributed by atoms with van der Waals surface area (Å²) in [5, 5.41) is -0.367. The van der Waals surface area contributed by atoms with Crippen LogP contribution >= 0.6 is 0 Å². The van der Waals surface area contributed by atoms with Crippen molar-refractivity contribution < 1.29 is 40.7 Å². The first kappa shape index (κ1) is 23.8. The quantitative estimate of drug-likeness (QED) is 0.415. The normalized spacial score (nSPS) is 17.7. The second-order valence-corrected chi connectivity index (χ2v) is 8.45. The summed E-state index contributed by atoms with van der Waals surface area (Å²) in [6.45, 7) is 4.97. The van der Waals surface area contributed by atoms with Crippen molar-refractivity contribution in [1.82, 2.24) is 9.88 Å². The van der Waals surface area contributed by atoms with E-state index in [0.717, 1.165) is 17.0 Å². The molecule has 0 radical (unpaired) electrons. The van der Waals surface area contributed by atoms with Gasteiger partial charge in [-0.1, -0.05) is 12.1 Å². The summed E-state index contributed by atoms with van der Waals surface area (Å²) in [4.78, 5) is 30.0. The van der Waals surface area contributed by atoms with E-state index in [0.29, 0.717) is 18.6 Å². The number of amides is 1. The van der Waals surface area contributed by atoms with Crippen LogP contribution < -0.4 is 0 Å². The number of nitrogens with zero attached hydrogens (tertiary/aromatic N) is 2. The molecule has 0 aliphatic carbocycles. The minimum Gasteiger partial charge on any atom is -0.444 e. The van der Waals surface area contributed by atoms with Crippen LogP contribution in [0.1, 0.15) is 55.2 Å². The molecular formula is C21H20F6N2O3. The standard InChI is InChI=1S/C21H20F6N2O3/c1-19(2,3)32-18(31)29-9-5-8-14(29)17(30)12-10-15(21(25,26)27)28-16-11(12)6-4-7-13(16)20(22,23)24/h4,6-7,10,14H,5,8-9H2,1-3H3/t14-/m0/s1. The van der Waals surface area contributed by atoms with Crippen LogP contribution in [0.25, 0.3) is 10.9 Å². The SMILES string of the molecule is CC(C)(C)OC(=O)N1CCC[C@H]1C(=O)c1cc(C(F)(F)F)nc2c(C(F)(F)F)cccc12. The van der Waals surface area contributed by atoms with Crippen molar-refractivity contribution in [1.29, 1.82) is 0 Å². The molecule has 5 nitrogen and oxygen atoms in total. The van der Waals surface area contributed by atoms with Crippen molar-refractivity contribution in [2.45, 2.75) is 57.6 Å². The van der Waals surface area contributed by atoms with Crippen molar-refractivity contribution in [3.05, 3.63) is 41.1 Å². The van der Waals surface area contributed by atoms with Gasteiger partial charge >= 0.3 is 18.4 Å². The molecule has 0 bridgehead atoms. The van der Waals surface area contributed by atoms with Gasteiger partial charge in [0, 0.05) is 17.5 Å². The summed E-state index contributed by atoms with van der Waals surface area (Å²) >= 11 is 0. The van der Waals surface area contributed by atoms with Gasteiger partial charge in [0.1, 0.15) is 11.3 Å². The number of fused-ring (bicyclic) bond motifs is 1. The fourth-order valence-electron chi connectivity index (χ4n) is 3.58. The van der Waals surface area contributed by atoms with E-state index in [1.54, 1.807) is 20.8 Å². The Morgan fingerprint density at radius 1 is 1.06 bits per heavy atom. The van der Waals surface area contributed by atoms with Crippen molar-refractivity contribution >= 4 is 22.8 Å². The maximum absolute atomic E-state index is 13.4. The highest BCUT2D eigenvalue weighted by Crippen LogP contribution is 2.38. The number of halogens is 6. The highest BCUT2D eigenvalue weighted by molar-refractivity contribution is 6.11. The van der Waals surface area contributed by atoms with E-state index in [9.17, 15) is 35.9 Å². The van der Waals surface area contributed by atoms with Crippen molar-refractivity contribution in [2.24, 2.45) is 0 Å². The second kappa shape index (κ2) is 7.93. The number of pyridine rings is 1. The van der Waals surface area contributed by atoms with Gasteiger partial charge in [-0.15, -0.1) is 0 Å². The van der Waals surface area contributed by atoms with Gasteiger partial charge in [0.15, 0.2) is 5.78 Å². The molecule has 1 aromatic heterocycles. The average molecular weight is 462 g/mol. The molecular weight excluding hydrogens is 442 g/mol. The zero-order valence-electron chi connectivity index (χ0n) is 17.4. The Labute approximate surface area is 179 Å². The maximum atomic E-state index is 13.4. The molecule has 0 spiro atoms. The summed E-state index contributed by atoms with van der Waals surface area (Å²) in [5.74, 6) is -0.898. The molecule has 1 amide bonds. The number of Topliss-reactive ketones (excluding diaryl/α,β-unsaturated/α-hetero) is 1. The first-order valence-electron chi connectivity index (χ1n) is 9.71. The van der Waals surface area contributed by atoms with Gasteiger partial charge in [-0.2, -0.15) is 26.3 Å². The van der Waals surface area contributed by atoms with Gasteiger partial charge in [-0.05, 0) is 45.7 Å². The molecule has 1 aliphatic rings. The Bertz CT molecular complexity index is 1060. The summed E-state index contributed by atoms with van der Waals surface area (Å²) in [7, 11) is 0. The molecule has 1 aliphatic heterocycles. The highest BCUT2D eigenvalue weighted by atomic mass is 19.4. The van der Waals surface area contributed by atoms with Gasteiger partial charge in [0.25, 0.3) is 0 Å². The number of para-hydroxylation sites is 1. The molecule has 1 aromatic carbocycles. The third-order valence-electron chi connectivity index (χ3n) is 4.88. The monoisotopic (exact) mass is 462 g/mol. The minimum absolute atomic E-state index is 0.133. The van der Waals surface area contributed by atoms with Crippen LogP contribution in [0.2, 0.25) is 0 Å². The number of rotatable bonds is 2. The summed E-state index contributed by atoms with van der Waals surface area (Å²) in [5.41, 5.74) is -5.42. The van der Waals surface area contributed by atoms with E-state index in [1.165, 1.54) is 0 Å². The first-order chi connectivity index (χ1) is 14.6.